The van der Waals surface area contributed by atoms with Gasteiger partial charge in [-0.2, -0.15) is 11.8 Å². The van der Waals surface area contributed by atoms with Crippen LogP contribution in [0.15, 0.2) is 0 Å². The molecule has 3 heteroatoms. The lowest BCUT2D eigenvalue weighted by atomic mass is 9.44. The first-order chi connectivity index (χ1) is 15.0. The quantitative estimate of drug-likeness (QED) is 0.459. The normalized spacial score (nSPS) is 46.0. The molecule has 5 fully saturated rings. The van der Waals surface area contributed by atoms with Crippen molar-refractivity contribution in [3.8, 4) is 0 Å². The Labute approximate surface area is 196 Å². The van der Waals surface area contributed by atoms with Gasteiger partial charge in [0.2, 0.25) is 5.91 Å². The number of thioether (sulfide) groups is 1. The number of nitrogens with zero attached hydrogens (tertiary/aromatic N) is 1. The van der Waals surface area contributed by atoms with Crippen molar-refractivity contribution in [1.29, 1.82) is 0 Å². The molecule has 1 heterocycles. The van der Waals surface area contributed by atoms with Crippen LogP contribution < -0.4 is 0 Å². The maximum absolute atomic E-state index is 13.7. The molecule has 0 spiro atoms. The number of fused-ring (bicyclic) bond motifs is 5. The molecule has 4 aliphatic carbocycles. The number of hydrogen-bond acceptors (Lipinski definition) is 2. The average molecular weight is 446 g/mol. The van der Waals surface area contributed by atoms with E-state index in [0.717, 1.165) is 49.0 Å². The molecule has 2 nitrogen and oxygen atoms in total. The summed E-state index contributed by atoms with van der Waals surface area (Å²) < 4.78 is 0. The summed E-state index contributed by atoms with van der Waals surface area (Å²) in [5.41, 5.74) is 0.724. The molecule has 7 atom stereocenters. The lowest BCUT2D eigenvalue weighted by Gasteiger charge is -2.64. The van der Waals surface area contributed by atoms with Crippen molar-refractivity contribution in [3.05, 3.63) is 0 Å². The zero-order valence-electron chi connectivity index (χ0n) is 20.5. The third-order valence-corrected chi connectivity index (χ3v) is 12.1. The first-order valence-electron chi connectivity index (χ1n) is 13.8. The van der Waals surface area contributed by atoms with E-state index in [9.17, 15) is 4.79 Å². The number of amides is 1. The summed E-state index contributed by atoms with van der Waals surface area (Å²) >= 11 is 2.06. The highest BCUT2D eigenvalue weighted by Crippen LogP contribution is 2.64. The van der Waals surface area contributed by atoms with Gasteiger partial charge in [0.25, 0.3) is 0 Å². The molecule has 5 rings (SSSR count). The van der Waals surface area contributed by atoms with Gasteiger partial charge in [0.05, 0.1) is 0 Å². The maximum atomic E-state index is 13.7. The minimum Gasteiger partial charge on any atom is -0.337 e. The van der Waals surface area contributed by atoms with E-state index in [-0.39, 0.29) is 5.54 Å². The van der Waals surface area contributed by atoms with Gasteiger partial charge in [-0.1, -0.05) is 26.2 Å². The highest BCUT2D eigenvalue weighted by atomic mass is 32.2. The minimum atomic E-state index is 0.146. The van der Waals surface area contributed by atoms with Crippen LogP contribution in [-0.4, -0.2) is 34.9 Å². The minimum absolute atomic E-state index is 0.146. The van der Waals surface area contributed by atoms with Gasteiger partial charge in [-0.05, 0) is 125 Å². The van der Waals surface area contributed by atoms with E-state index in [1.165, 1.54) is 82.8 Å². The zero-order valence-corrected chi connectivity index (χ0v) is 21.4. The van der Waals surface area contributed by atoms with Crippen molar-refractivity contribution in [1.82, 2.24) is 4.90 Å². The monoisotopic (exact) mass is 445 g/mol. The maximum Gasteiger partial charge on any atom is 0.226 e. The van der Waals surface area contributed by atoms with Crippen LogP contribution in [-0.2, 0) is 4.79 Å². The van der Waals surface area contributed by atoms with Gasteiger partial charge in [-0.3, -0.25) is 4.79 Å². The molecule has 5 aliphatic rings. The van der Waals surface area contributed by atoms with Crippen LogP contribution in [0.25, 0.3) is 0 Å². The number of rotatable bonds is 3. The fourth-order valence-corrected chi connectivity index (χ4v) is 10.3. The molecular formula is C28H47NOS. The van der Waals surface area contributed by atoms with Crippen molar-refractivity contribution in [2.45, 2.75) is 109 Å². The Kier molecular flexibility index (Phi) is 6.47. The van der Waals surface area contributed by atoms with Crippen molar-refractivity contribution in [3.63, 3.8) is 0 Å². The van der Waals surface area contributed by atoms with Crippen molar-refractivity contribution in [2.75, 3.05) is 18.6 Å². The largest absolute Gasteiger partial charge is 0.337 e. The average Bonchev–Trinajstić information content (AvgIpc) is 2.78. The van der Waals surface area contributed by atoms with Crippen LogP contribution in [0.4, 0.5) is 0 Å². The van der Waals surface area contributed by atoms with Crippen LogP contribution in [0.1, 0.15) is 104 Å². The molecule has 0 aromatic heterocycles. The number of likely N-dealkylation sites (tertiary alicyclic amines) is 1. The molecule has 1 amide bonds. The SMILES string of the molecule is CSCC1CCC2(C)C(CCC3C2CCC2(C)C3CCCN2C(=O)C2CCCCC2)C1. The Morgan fingerprint density at radius 1 is 0.903 bits per heavy atom. The highest BCUT2D eigenvalue weighted by molar-refractivity contribution is 7.98. The van der Waals surface area contributed by atoms with Gasteiger partial charge >= 0.3 is 0 Å². The molecule has 31 heavy (non-hydrogen) atoms. The summed E-state index contributed by atoms with van der Waals surface area (Å²) in [6.07, 6.45) is 21.1. The first kappa shape index (κ1) is 22.6. The second-order valence-corrected chi connectivity index (χ2v) is 13.5. The number of hydrogen-bond donors (Lipinski definition) is 0. The third kappa shape index (κ3) is 3.81. The smallest absolute Gasteiger partial charge is 0.226 e. The van der Waals surface area contributed by atoms with Gasteiger partial charge in [0.15, 0.2) is 0 Å². The predicted octanol–water partition coefficient (Wildman–Crippen LogP) is 7.17. The van der Waals surface area contributed by atoms with E-state index in [4.69, 9.17) is 0 Å². The summed E-state index contributed by atoms with van der Waals surface area (Å²) in [4.78, 5) is 16.1. The summed E-state index contributed by atoms with van der Waals surface area (Å²) in [5, 5.41) is 0. The first-order valence-corrected chi connectivity index (χ1v) is 15.2. The molecule has 0 bridgehead atoms. The molecule has 7 unspecified atom stereocenters. The van der Waals surface area contributed by atoms with Crippen molar-refractivity contribution < 1.29 is 4.79 Å². The predicted molar refractivity (Wildman–Crippen MR) is 132 cm³/mol. The second kappa shape index (κ2) is 8.88. The van der Waals surface area contributed by atoms with E-state index < -0.39 is 0 Å². The molecule has 0 aromatic rings. The van der Waals surface area contributed by atoms with E-state index >= 15 is 0 Å². The molecule has 0 radical (unpaired) electrons. The summed E-state index contributed by atoms with van der Waals surface area (Å²) in [6, 6.07) is 0. The van der Waals surface area contributed by atoms with Gasteiger partial charge in [-0.25, -0.2) is 0 Å². The fraction of sp³-hybridized carbons (Fsp3) is 0.964. The molecule has 0 aromatic carbocycles. The van der Waals surface area contributed by atoms with Gasteiger partial charge < -0.3 is 4.90 Å². The summed E-state index contributed by atoms with van der Waals surface area (Å²) in [5.74, 6) is 6.74. The molecule has 176 valence electrons. The summed E-state index contributed by atoms with van der Waals surface area (Å²) in [6.45, 7) is 6.24. The highest BCUT2D eigenvalue weighted by Gasteiger charge is 2.59. The molecule has 1 saturated heterocycles. The van der Waals surface area contributed by atoms with E-state index in [1.807, 2.05) is 0 Å². The van der Waals surface area contributed by atoms with Crippen molar-refractivity contribution in [2.24, 2.45) is 40.9 Å². The number of piperidine rings is 1. The Hall–Kier alpha value is -0.180. The Morgan fingerprint density at radius 2 is 1.71 bits per heavy atom. The zero-order chi connectivity index (χ0) is 21.6. The van der Waals surface area contributed by atoms with Crippen LogP contribution in [0.2, 0.25) is 0 Å². The Balaban J connectivity index is 1.34. The molecule has 1 aliphatic heterocycles. The van der Waals surface area contributed by atoms with Gasteiger partial charge in [0.1, 0.15) is 0 Å². The molecular weight excluding hydrogens is 398 g/mol. The lowest BCUT2D eigenvalue weighted by molar-refractivity contribution is -0.168. The molecule has 4 saturated carbocycles. The Morgan fingerprint density at radius 3 is 2.48 bits per heavy atom. The van der Waals surface area contributed by atoms with E-state index in [1.54, 1.807) is 0 Å². The van der Waals surface area contributed by atoms with Crippen LogP contribution in [0.3, 0.4) is 0 Å². The molecule has 0 N–H and O–H groups in total. The Bertz CT molecular complexity index is 659. The number of carbonyl (C=O) groups is 1. The van der Waals surface area contributed by atoms with Crippen LogP contribution >= 0.6 is 11.8 Å². The lowest BCUT2D eigenvalue weighted by Crippen LogP contribution is -2.65. The van der Waals surface area contributed by atoms with E-state index in [0.29, 0.717) is 17.2 Å². The van der Waals surface area contributed by atoms with Gasteiger partial charge in [0, 0.05) is 18.0 Å². The standard InChI is InChI=1S/C28H47NOS/c1-27-15-13-20(19-31-3)18-22(27)11-12-23-24(27)14-16-28(2)25(23)10-7-17-29(28)26(30)21-8-5-4-6-9-21/h20-25H,4-19H2,1-3H3. The fourth-order valence-electron chi connectivity index (χ4n) is 9.55. The van der Waals surface area contributed by atoms with Crippen LogP contribution in [0.5, 0.6) is 0 Å². The summed E-state index contributed by atoms with van der Waals surface area (Å²) in [7, 11) is 0. The topological polar surface area (TPSA) is 20.3 Å². The van der Waals surface area contributed by atoms with E-state index in [2.05, 4.69) is 36.8 Å². The van der Waals surface area contributed by atoms with Crippen LogP contribution in [0, 0.1) is 40.9 Å². The van der Waals surface area contributed by atoms with Gasteiger partial charge in [-0.15, -0.1) is 0 Å². The number of carbonyl (C=O) groups excluding carboxylic acids is 1. The van der Waals surface area contributed by atoms with Crippen molar-refractivity contribution >= 4 is 17.7 Å². The third-order valence-electron chi connectivity index (χ3n) is 11.3. The second-order valence-electron chi connectivity index (χ2n) is 12.6.